The van der Waals surface area contributed by atoms with Crippen LogP contribution in [-0.2, 0) is 4.74 Å². The maximum absolute atomic E-state index is 10.6. The fourth-order valence-electron chi connectivity index (χ4n) is 2.84. The highest BCUT2D eigenvalue weighted by Crippen LogP contribution is 2.43. The van der Waals surface area contributed by atoms with Gasteiger partial charge in [0.25, 0.3) is 0 Å². The van der Waals surface area contributed by atoms with E-state index >= 15 is 0 Å². The maximum atomic E-state index is 10.6. The number of methoxy groups -OCH3 is 2. The molecule has 1 saturated heterocycles. The van der Waals surface area contributed by atoms with Crippen LogP contribution in [0.4, 0.5) is 0 Å². The standard InChI is InChI=1S/C20H22O6/c1-24-16-10-13(19(22)18-11-26-18)5-6-14(16)15-8-12(4-3-7-21)9-17(25-2)20(15)23/h3-6,8-10,18-19,21-23H,7,11H2,1-2H3. The fourth-order valence-corrected chi connectivity index (χ4v) is 2.84. The van der Waals surface area contributed by atoms with E-state index in [4.69, 9.17) is 19.3 Å². The molecule has 0 amide bonds. The number of phenolic OH excluding ortho intramolecular Hbond substituents is 1. The number of hydrogen-bond acceptors (Lipinski definition) is 6. The first-order chi connectivity index (χ1) is 12.6. The molecule has 0 radical (unpaired) electrons. The summed E-state index contributed by atoms with van der Waals surface area (Å²) in [6, 6.07) is 8.77. The molecule has 6 heteroatoms. The van der Waals surface area contributed by atoms with Crippen LogP contribution in [0.5, 0.6) is 17.2 Å². The van der Waals surface area contributed by atoms with Gasteiger partial charge in [0.15, 0.2) is 11.5 Å². The van der Waals surface area contributed by atoms with E-state index in [-0.39, 0.29) is 18.5 Å². The Hall–Kier alpha value is -2.54. The number of rotatable bonds is 7. The van der Waals surface area contributed by atoms with Crippen molar-refractivity contribution in [3.05, 3.63) is 47.5 Å². The number of benzene rings is 2. The smallest absolute Gasteiger partial charge is 0.165 e. The van der Waals surface area contributed by atoms with Crippen LogP contribution in [0.1, 0.15) is 17.2 Å². The van der Waals surface area contributed by atoms with E-state index in [1.807, 2.05) is 0 Å². The molecule has 3 N–H and O–H groups in total. The van der Waals surface area contributed by atoms with Crippen molar-refractivity contribution in [2.24, 2.45) is 0 Å². The van der Waals surface area contributed by atoms with Crippen LogP contribution in [0.2, 0.25) is 0 Å². The second-order valence-corrected chi connectivity index (χ2v) is 5.98. The van der Waals surface area contributed by atoms with Crippen molar-refractivity contribution in [1.29, 1.82) is 0 Å². The van der Waals surface area contributed by atoms with Crippen molar-refractivity contribution < 1.29 is 29.5 Å². The largest absolute Gasteiger partial charge is 0.504 e. The molecule has 0 bridgehead atoms. The molecule has 1 aliphatic heterocycles. The minimum absolute atomic E-state index is 0.00854. The third kappa shape index (κ3) is 3.67. The van der Waals surface area contributed by atoms with Crippen molar-refractivity contribution in [2.75, 3.05) is 27.4 Å². The summed E-state index contributed by atoms with van der Waals surface area (Å²) in [5, 5.41) is 29.8. The Morgan fingerprint density at radius 3 is 2.50 bits per heavy atom. The maximum Gasteiger partial charge on any atom is 0.165 e. The molecule has 1 aliphatic rings. The summed E-state index contributed by atoms with van der Waals surface area (Å²) in [4.78, 5) is 0. The van der Waals surface area contributed by atoms with Gasteiger partial charge in [-0.2, -0.15) is 0 Å². The minimum atomic E-state index is -0.708. The van der Waals surface area contributed by atoms with Crippen LogP contribution < -0.4 is 9.47 Å². The number of aliphatic hydroxyl groups excluding tert-OH is 2. The number of ether oxygens (including phenoxy) is 3. The van der Waals surface area contributed by atoms with Crippen LogP contribution in [0, 0.1) is 0 Å². The molecule has 6 nitrogen and oxygen atoms in total. The lowest BCUT2D eigenvalue weighted by molar-refractivity contribution is 0.136. The summed E-state index contributed by atoms with van der Waals surface area (Å²) in [6.07, 6.45) is 2.45. The minimum Gasteiger partial charge on any atom is -0.504 e. The summed E-state index contributed by atoms with van der Waals surface area (Å²) in [5.74, 6) is 0.825. The van der Waals surface area contributed by atoms with Crippen LogP contribution in [0.15, 0.2) is 36.4 Å². The molecule has 1 heterocycles. The summed E-state index contributed by atoms with van der Waals surface area (Å²) in [6.45, 7) is 0.458. The molecule has 2 unspecified atom stereocenters. The van der Waals surface area contributed by atoms with Gasteiger partial charge in [0.1, 0.15) is 18.0 Å². The quantitative estimate of drug-likeness (QED) is 0.659. The molecule has 138 valence electrons. The van der Waals surface area contributed by atoms with Gasteiger partial charge in [0.05, 0.1) is 27.4 Å². The average Bonchev–Trinajstić information content (AvgIpc) is 3.51. The van der Waals surface area contributed by atoms with Gasteiger partial charge in [0.2, 0.25) is 0 Å². The molecule has 26 heavy (non-hydrogen) atoms. The van der Waals surface area contributed by atoms with E-state index in [1.54, 1.807) is 42.5 Å². The first-order valence-corrected chi connectivity index (χ1v) is 8.25. The topological polar surface area (TPSA) is 91.7 Å². The lowest BCUT2D eigenvalue weighted by Crippen LogP contribution is -2.05. The van der Waals surface area contributed by atoms with Gasteiger partial charge in [-0.1, -0.05) is 24.3 Å². The summed E-state index contributed by atoms with van der Waals surface area (Å²) in [7, 11) is 3.01. The van der Waals surface area contributed by atoms with Crippen molar-refractivity contribution in [3.63, 3.8) is 0 Å². The van der Waals surface area contributed by atoms with E-state index < -0.39 is 6.10 Å². The van der Waals surface area contributed by atoms with Crippen molar-refractivity contribution >= 4 is 6.08 Å². The van der Waals surface area contributed by atoms with E-state index in [0.717, 1.165) is 5.56 Å². The lowest BCUT2D eigenvalue weighted by Gasteiger charge is -2.16. The first-order valence-electron chi connectivity index (χ1n) is 8.25. The number of hydrogen-bond donors (Lipinski definition) is 3. The Kier molecular flexibility index (Phi) is 5.46. The third-order valence-electron chi connectivity index (χ3n) is 4.30. The van der Waals surface area contributed by atoms with Gasteiger partial charge >= 0.3 is 0 Å². The Morgan fingerprint density at radius 2 is 1.88 bits per heavy atom. The Bertz CT molecular complexity index is 810. The van der Waals surface area contributed by atoms with Gasteiger partial charge in [0, 0.05) is 11.1 Å². The van der Waals surface area contributed by atoms with Crippen molar-refractivity contribution in [3.8, 4) is 28.4 Å². The Morgan fingerprint density at radius 1 is 1.15 bits per heavy atom. The number of phenols is 1. The zero-order chi connectivity index (χ0) is 18.7. The van der Waals surface area contributed by atoms with Crippen LogP contribution >= 0.6 is 0 Å². The monoisotopic (exact) mass is 358 g/mol. The molecule has 0 aliphatic carbocycles. The highest BCUT2D eigenvalue weighted by molar-refractivity contribution is 5.80. The highest BCUT2D eigenvalue weighted by atomic mass is 16.6. The molecule has 2 aromatic rings. The van der Waals surface area contributed by atoms with Crippen molar-refractivity contribution in [1.82, 2.24) is 0 Å². The summed E-state index contributed by atoms with van der Waals surface area (Å²) < 4.78 is 15.9. The Balaban J connectivity index is 2.08. The number of aliphatic hydroxyl groups is 2. The zero-order valence-electron chi connectivity index (χ0n) is 14.7. The molecule has 0 spiro atoms. The van der Waals surface area contributed by atoms with Gasteiger partial charge < -0.3 is 29.5 Å². The predicted octanol–water partition coefficient (Wildman–Crippen LogP) is 2.51. The van der Waals surface area contributed by atoms with Gasteiger partial charge in [-0.05, 0) is 29.3 Å². The second-order valence-electron chi connectivity index (χ2n) is 5.98. The molecule has 3 rings (SSSR count). The van der Waals surface area contributed by atoms with Crippen LogP contribution in [0.25, 0.3) is 17.2 Å². The highest BCUT2D eigenvalue weighted by Gasteiger charge is 2.32. The van der Waals surface area contributed by atoms with E-state index in [0.29, 0.717) is 34.8 Å². The first kappa shape index (κ1) is 18.3. The zero-order valence-corrected chi connectivity index (χ0v) is 14.7. The Labute approximate surface area is 151 Å². The predicted molar refractivity (Wildman–Crippen MR) is 97.5 cm³/mol. The molecule has 2 atom stereocenters. The normalized spacial score (nSPS) is 17.3. The lowest BCUT2D eigenvalue weighted by atomic mass is 9.97. The molecule has 0 aromatic heterocycles. The fraction of sp³-hybridized carbons (Fsp3) is 0.300. The van der Waals surface area contributed by atoms with Crippen LogP contribution in [0.3, 0.4) is 0 Å². The summed E-state index contributed by atoms with van der Waals surface area (Å²) >= 11 is 0. The molecule has 2 aromatic carbocycles. The van der Waals surface area contributed by atoms with E-state index in [2.05, 4.69) is 0 Å². The number of epoxide rings is 1. The molecular weight excluding hydrogens is 336 g/mol. The molecule has 0 saturated carbocycles. The molecule has 1 fully saturated rings. The number of aromatic hydroxyl groups is 1. The molecular formula is C20H22O6. The average molecular weight is 358 g/mol. The van der Waals surface area contributed by atoms with Gasteiger partial charge in [-0.3, -0.25) is 0 Å². The second kappa shape index (κ2) is 7.78. The van der Waals surface area contributed by atoms with Crippen molar-refractivity contribution in [2.45, 2.75) is 12.2 Å². The van der Waals surface area contributed by atoms with E-state index in [1.165, 1.54) is 14.2 Å². The van der Waals surface area contributed by atoms with Gasteiger partial charge in [-0.25, -0.2) is 0 Å². The van der Waals surface area contributed by atoms with Gasteiger partial charge in [-0.15, -0.1) is 0 Å². The van der Waals surface area contributed by atoms with Crippen LogP contribution in [-0.4, -0.2) is 48.9 Å². The SMILES string of the molecule is COc1cc(C(O)C2CO2)ccc1-c1cc(C=CCO)cc(OC)c1O. The summed E-state index contributed by atoms with van der Waals surface area (Å²) in [5.41, 5.74) is 2.65. The van der Waals surface area contributed by atoms with E-state index in [9.17, 15) is 10.2 Å². The third-order valence-corrected chi connectivity index (χ3v) is 4.30.